The standard InChI is InChI=1S/C13H9ClF3N/c14-12-2-1-3-13(17)11(12)7-18-10-5-8(15)4-9(16)6-10/h1-6,18H,7H2. The molecule has 94 valence electrons. The molecule has 2 aromatic rings. The lowest BCUT2D eigenvalue weighted by Crippen LogP contribution is -2.03. The lowest BCUT2D eigenvalue weighted by molar-refractivity contribution is 0.584. The van der Waals surface area contributed by atoms with Crippen molar-refractivity contribution < 1.29 is 13.2 Å². The van der Waals surface area contributed by atoms with Crippen LogP contribution in [0, 0.1) is 17.5 Å². The Morgan fingerprint density at radius 3 is 2.28 bits per heavy atom. The first-order valence-electron chi connectivity index (χ1n) is 5.19. The predicted molar refractivity (Wildman–Crippen MR) is 65.1 cm³/mol. The van der Waals surface area contributed by atoms with E-state index in [9.17, 15) is 13.2 Å². The number of hydrogen-bond donors (Lipinski definition) is 1. The first kappa shape index (κ1) is 12.8. The van der Waals surface area contributed by atoms with Crippen LogP contribution in [-0.2, 0) is 6.54 Å². The third-order valence-corrected chi connectivity index (χ3v) is 2.75. The minimum atomic E-state index is -0.697. The van der Waals surface area contributed by atoms with Crippen molar-refractivity contribution >= 4 is 17.3 Å². The van der Waals surface area contributed by atoms with Gasteiger partial charge in [0.25, 0.3) is 0 Å². The Balaban J connectivity index is 2.16. The lowest BCUT2D eigenvalue weighted by Gasteiger charge is -2.09. The van der Waals surface area contributed by atoms with Gasteiger partial charge in [-0.3, -0.25) is 0 Å². The molecule has 0 aliphatic rings. The first-order valence-corrected chi connectivity index (χ1v) is 5.57. The van der Waals surface area contributed by atoms with E-state index in [1.54, 1.807) is 6.07 Å². The summed E-state index contributed by atoms with van der Waals surface area (Å²) in [6.07, 6.45) is 0. The summed E-state index contributed by atoms with van der Waals surface area (Å²) >= 11 is 5.83. The molecule has 0 spiro atoms. The highest BCUT2D eigenvalue weighted by Gasteiger charge is 2.07. The van der Waals surface area contributed by atoms with Crippen molar-refractivity contribution in [3.8, 4) is 0 Å². The number of halogens is 4. The van der Waals surface area contributed by atoms with E-state index in [0.717, 1.165) is 18.2 Å². The van der Waals surface area contributed by atoms with Crippen LogP contribution in [-0.4, -0.2) is 0 Å². The number of nitrogens with one attached hydrogen (secondary N) is 1. The fourth-order valence-electron chi connectivity index (χ4n) is 1.55. The number of benzene rings is 2. The van der Waals surface area contributed by atoms with Crippen LogP contribution in [0.5, 0.6) is 0 Å². The predicted octanol–water partition coefficient (Wildman–Crippen LogP) is 4.37. The van der Waals surface area contributed by atoms with Crippen LogP contribution in [0.3, 0.4) is 0 Å². The Labute approximate surface area is 107 Å². The summed E-state index contributed by atoms with van der Waals surface area (Å²) in [5.41, 5.74) is 0.482. The third-order valence-electron chi connectivity index (χ3n) is 2.39. The molecule has 0 radical (unpaired) electrons. The SMILES string of the molecule is Fc1cc(F)cc(NCc2c(F)cccc2Cl)c1. The fraction of sp³-hybridized carbons (Fsp3) is 0.0769. The molecule has 0 fully saturated rings. The molecule has 0 saturated carbocycles. The van der Waals surface area contributed by atoms with Crippen LogP contribution in [0.1, 0.15) is 5.56 Å². The maximum Gasteiger partial charge on any atom is 0.129 e. The van der Waals surface area contributed by atoms with Gasteiger partial charge in [-0.2, -0.15) is 0 Å². The fourth-order valence-corrected chi connectivity index (χ4v) is 1.78. The summed E-state index contributed by atoms with van der Waals surface area (Å²) < 4.78 is 39.3. The van der Waals surface area contributed by atoms with Crippen LogP contribution < -0.4 is 5.32 Å². The summed E-state index contributed by atoms with van der Waals surface area (Å²) in [6, 6.07) is 7.32. The number of hydrogen-bond acceptors (Lipinski definition) is 1. The number of rotatable bonds is 3. The van der Waals surface area contributed by atoms with Gasteiger partial charge < -0.3 is 5.32 Å². The summed E-state index contributed by atoms with van der Waals surface area (Å²) in [6.45, 7) is 0.0500. The van der Waals surface area contributed by atoms with Gasteiger partial charge in [0.15, 0.2) is 0 Å². The minimum Gasteiger partial charge on any atom is -0.381 e. The second-order valence-corrected chi connectivity index (χ2v) is 4.12. The second-order valence-electron chi connectivity index (χ2n) is 3.71. The van der Waals surface area contributed by atoms with Gasteiger partial charge in [0.05, 0.1) is 0 Å². The van der Waals surface area contributed by atoms with Gasteiger partial charge in [-0.25, -0.2) is 13.2 Å². The molecule has 18 heavy (non-hydrogen) atoms. The summed E-state index contributed by atoms with van der Waals surface area (Å²) in [4.78, 5) is 0. The molecule has 0 saturated heterocycles. The average Bonchev–Trinajstić information content (AvgIpc) is 2.27. The van der Waals surface area contributed by atoms with Crippen LogP contribution in [0.2, 0.25) is 5.02 Å². The molecule has 0 aliphatic heterocycles. The van der Waals surface area contributed by atoms with E-state index in [4.69, 9.17) is 11.6 Å². The van der Waals surface area contributed by atoms with Crippen LogP contribution in [0.4, 0.5) is 18.9 Å². The zero-order valence-electron chi connectivity index (χ0n) is 9.18. The molecule has 0 amide bonds. The topological polar surface area (TPSA) is 12.0 Å². The molecule has 1 nitrogen and oxygen atoms in total. The molecule has 0 heterocycles. The lowest BCUT2D eigenvalue weighted by atomic mass is 10.2. The van der Waals surface area contributed by atoms with Gasteiger partial charge in [0.1, 0.15) is 17.5 Å². The highest BCUT2D eigenvalue weighted by molar-refractivity contribution is 6.31. The Morgan fingerprint density at radius 2 is 1.67 bits per heavy atom. The average molecular weight is 272 g/mol. The van der Waals surface area contributed by atoms with E-state index >= 15 is 0 Å². The van der Waals surface area contributed by atoms with E-state index in [0.29, 0.717) is 0 Å². The maximum absolute atomic E-state index is 13.4. The van der Waals surface area contributed by atoms with Crippen molar-refractivity contribution in [2.24, 2.45) is 0 Å². The molecule has 5 heteroatoms. The third kappa shape index (κ3) is 2.96. The van der Waals surface area contributed by atoms with Crippen molar-refractivity contribution in [2.75, 3.05) is 5.32 Å². The molecule has 0 aliphatic carbocycles. The van der Waals surface area contributed by atoms with Crippen LogP contribution in [0.25, 0.3) is 0 Å². The van der Waals surface area contributed by atoms with Crippen molar-refractivity contribution in [1.82, 2.24) is 0 Å². The molecular weight excluding hydrogens is 263 g/mol. The first-order chi connectivity index (χ1) is 8.56. The Kier molecular flexibility index (Phi) is 3.77. The number of anilines is 1. The van der Waals surface area contributed by atoms with Crippen molar-refractivity contribution in [1.29, 1.82) is 0 Å². The molecule has 0 atom stereocenters. The molecule has 1 N–H and O–H groups in total. The Hall–Kier alpha value is -1.68. The van der Waals surface area contributed by atoms with E-state index in [2.05, 4.69) is 5.32 Å². The monoisotopic (exact) mass is 271 g/mol. The molecule has 0 unspecified atom stereocenters. The molecule has 2 aromatic carbocycles. The smallest absolute Gasteiger partial charge is 0.129 e. The zero-order chi connectivity index (χ0) is 13.1. The molecule has 0 bridgehead atoms. The highest BCUT2D eigenvalue weighted by Crippen LogP contribution is 2.21. The van der Waals surface area contributed by atoms with Crippen LogP contribution >= 0.6 is 11.6 Å². The highest BCUT2D eigenvalue weighted by atomic mass is 35.5. The minimum absolute atomic E-state index is 0.0500. The van der Waals surface area contributed by atoms with E-state index in [1.165, 1.54) is 12.1 Å². The van der Waals surface area contributed by atoms with Crippen molar-refractivity contribution in [3.63, 3.8) is 0 Å². The zero-order valence-corrected chi connectivity index (χ0v) is 9.94. The van der Waals surface area contributed by atoms with Gasteiger partial charge in [-0.05, 0) is 24.3 Å². The summed E-state index contributed by atoms with van der Waals surface area (Å²) in [7, 11) is 0. The van der Waals surface area contributed by atoms with Crippen molar-refractivity contribution in [3.05, 3.63) is 64.4 Å². The second kappa shape index (κ2) is 5.31. The van der Waals surface area contributed by atoms with Gasteiger partial charge in [0.2, 0.25) is 0 Å². The normalized spacial score (nSPS) is 10.4. The largest absolute Gasteiger partial charge is 0.381 e. The Bertz CT molecular complexity index is 532. The van der Waals surface area contributed by atoms with E-state index in [1.807, 2.05) is 0 Å². The van der Waals surface area contributed by atoms with E-state index in [-0.39, 0.29) is 22.8 Å². The van der Waals surface area contributed by atoms with Gasteiger partial charge >= 0.3 is 0 Å². The summed E-state index contributed by atoms with van der Waals surface area (Å²) in [5.74, 6) is -1.86. The van der Waals surface area contributed by atoms with Gasteiger partial charge in [-0.15, -0.1) is 0 Å². The maximum atomic E-state index is 13.4. The molecule has 0 aromatic heterocycles. The van der Waals surface area contributed by atoms with Crippen LogP contribution in [0.15, 0.2) is 36.4 Å². The summed E-state index contributed by atoms with van der Waals surface area (Å²) in [5, 5.41) is 2.98. The molecule has 2 rings (SSSR count). The quantitative estimate of drug-likeness (QED) is 0.874. The van der Waals surface area contributed by atoms with Gasteiger partial charge in [-0.1, -0.05) is 17.7 Å². The van der Waals surface area contributed by atoms with E-state index < -0.39 is 17.5 Å². The van der Waals surface area contributed by atoms with Crippen molar-refractivity contribution in [2.45, 2.75) is 6.54 Å². The van der Waals surface area contributed by atoms with Gasteiger partial charge in [0, 0.05) is 28.9 Å². The Morgan fingerprint density at radius 1 is 1.00 bits per heavy atom. The molecular formula is C13H9ClF3N.